The van der Waals surface area contributed by atoms with Crippen molar-refractivity contribution in [3.05, 3.63) is 53.0 Å². The number of piperidine rings is 1. The lowest BCUT2D eigenvalue weighted by Crippen LogP contribution is -2.43. The van der Waals surface area contributed by atoms with E-state index in [2.05, 4.69) is 30.1 Å². The SMILES string of the molecule is Cc1cnc(N2CCC(C(=O)N3CCCCc4cc(C)ccc43)CC2)c(F)c1. The second-order valence-corrected chi connectivity index (χ2v) is 8.16. The maximum atomic E-state index is 14.2. The van der Waals surface area contributed by atoms with Crippen molar-refractivity contribution in [2.45, 2.75) is 46.0 Å². The number of aromatic nitrogens is 1. The first-order valence-corrected chi connectivity index (χ1v) is 10.3. The highest BCUT2D eigenvalue weighted by molar-refractivity contribution is 5.96. The maximum absolute atomic E-state index is 14.2. The topological polar surface area (TPSA) is 36.4 Å². The van der Waals surface area contributed by atoms with E-state index in [1.54, 1.807) is 6.20 Å². The van der Waals surface area contributed by atoms with Crippen molar-refractivity contribution in [3.63, 3.8) is 0 Å². The fourth-order valence-corrected chi connectivity index (χ4v) is 4.43. The van der Waals surface area contributed by atoms with Gasteiger partial charge in [-0.15, -0.1) is 0 Å². The predicted octanol–water partition coefficient (Wildman–Crippen LogP) is 4.42. The summed E-state index contributed by atoms with van der Waals surface area (Å²) in [6.45, 7) is 6.07. The number of aryl methyl sites for hydroxylation is 3. The van der Waals surface area contributed by atoms with Crippen LogP contribution in [0.5, 0.6) is 0 Å². The minimum atomic E-state index is -0.276. The first kappa shape index (κ1) is 18.9. The number of nitrogens with zero attached hydrogens (tertiary/aromatic N) is 3. The van der Waals surface area contributed by atoms with Crippen LogP contribution in [-0.4, -0.2) is 30.5 Å². The molecule has 0 radical (unpaired) electrons. The quantitative estimate of drug-likeness (QED) is 0.772. The van der Waals surface area contributed by atoms with Crippen LogP contribution in [-0.2, 0) is 11.2 Å². The highest BCUT2D eigenvalue weighted by Crippen LogP contribution is 2.31. The van der Waals surface area contributed by atoms with Gasteiger partial charge in [-0.05, 0) is 69.2 Å². The summed E-state index contributed by atoms with van der Waals surface area (Å²) >= 11 is 0. The van der Waals surface area contributed by atoms with Gasteiger partial charge in [0.2, 0.25) is 5.91 Å². The van der Waals surface area contributed by atoms with Crippen LogP contribution in [0, 0.1) is 25.6 Å². The Morgan fingerprint density at radius 1 is 1.07 bits per heavy atom. The van der Waals surface area contributed by atoms with E-state index in [9.17, 15) is 9.18 Å². The Morgan fingerprint density at radius 2 is 1.86 bits per heavy atom. The zero-order chi connectivity index (χ0) is 19.7. The summed E-state index contributed by atoms with van der Waals surface area (Å²) < 4.78 is 14.2. The van der Waals surface area contributed by atoms with E-state index in [4.69, 9.17) is 0 Å². The molecular formula is C23H28FN3O. The molecule has 1 aromatic heterocycles. The summed E-state index contributed by atoms with van der Waals surface area (Å²) in [7, 11) is 0. The Bertz CT molecular complexity index is 874. The van der Waals surface area contributed by atoms with Crippen molar-refractivity contribution in [3.8, 4) is 0 Å². The van der Waals surface area contributed by atoms with Crippen molar-refractivity contribution < 1.29 is 9.18 Å². The molecule has 2 aliphatic rings. The molecule has 4 nitrogen and oxygen atoms in total. The van der Waals surface area contributed by atoms with Gasteiger partial charge in [-0.25, -0.2) is 9.37 Å². The van der Waals surface area contributed by atoms with Crippen LogP contribution in [0.25, 0.3) is 0 Å². The third-order valence-electron chi connectivity index (χ3n) is 5.97. The number of benzene rings is 1. The molecule has 2 aliphatic heterocycles. The highest BCUT2D eigenvalue weighted by atomic mass is 19.1. The number of hydrogen-bond acceptors (Lipinski definition) is 3. The van der Waals surface area contributed by atoms with Gasteiger partial charge in [0, 0.05) is 37.4 Å². The first-order valence-electron chi connectivity index (χ1n) is 10.3. The number of fused-ring (bicyclic) bond motifs is 1. The maximum Gasteiger partial charge on any atom is 0.230 e. The van der Waals surface area contributed by atoms with Gasteiger partial charge in [-0.2, -0.15) is 0 Å². The van der Waals surface area contributed by atoms with Crippen molar-refractivity contribution >= 4 is 17.4 Å². The average Bonchev–Trinajstić information content (AvgIpc) is 2.89. The van der Waals surface area contributed by atoms with E-state index >= 15 is 0 Å². The van der Waals surface area contributed by atoms with Crippen molar-refractivity contribution in [1.29, 1.82) is 0 Å². The largest absolute Gasteiger partial charge is 0.354 e. The number of hydrogen-bond donors (Lipinski definition) is 0. The summed E-state index contributed by atoms with van der Waals surface area (Å²) in [6, 6.07) is 7.94. The zero-order valence-corrected chi connectivity index (χ0v) is 16.7. The molecule has 0 unspecified atom stereocenters. The fourth-order valence-electron chi connectivity index (χ4n) is 4.43. The molecule has 0 N–H and O–H groups in total. The summed E-state index contributed by atoms with van der Waals surface area (Å²) in [5, 5.41) is 0. The third kappa shape index (κ3) is 3.75. The average molecular weight is 381 g/mol. The Balaban J connectivity index is 1.47. The van der Waals surface area contributed by atoms with Crippen LogP contribution >= 0.6 is 0 Å². The van der Waals surface area contributed by atoms with Gasteiger partial charge in [0.25, 0.3) is 0 Å². The van der Waals surface area contributed by atoms with Gasteiger partial charge < -0.3 is 9.80 Å². The Morgan fingerprint density at radius 3 is 2.61 bits per heavy atom. The van der Waals surface area contributed by atoms with Gasteiger partial charge in [-0.3, -0.25) is 4.79 Å². The number of carbonyl (C=O) groups excluding carboxylic acids is 1. The number of halogens is 1. The van der Waals surface area contributed by atoms with E-state index in [1.165, 1.54) is 17.2 Å². The van der Waals surface area contributed by atoms with E-state index in [-0.39, 0.29) is 17.6 Å². The Kier molecular flexibility index (Phi) is 5.33. The minimum Gasteiger partial charge on any atom is -0.354 e. The highest BCUT2D eigenvalue weighted by Gasteiger charge is 2.31. The molecule has 0 saturated carbocycles. The van der Waals surface area contributed by atoms with Crippen molar-refractivity contribution in [1.82, 2.24) is 4.98 Å². The molecule has 0 spiro atoms. The molecule has 4 rings (SSSR count). The molecule has 1 fully saturated rings. The molecule has 1 amide bonds. The molecule has 1 aromatic carbocycles. The smallest absolute Gasteiger partial charge is 0.230 e. The second kappa shape index (κ2) is 7.90. The van der Waals surface area contributed by atoms with Crippen LogP contribution in [0.15, 0.2) is 30.5 Å². The Labute approximate surface area is 166 Å². The van der Waals surface area contributed by atoms with Crippen LogP contribution < -0.4 is 9.80 Å². The standard InChI is InChI=1S/C23H28FN3O/c1-16-6-7-21-19(13-16)5-3-4-10-27(21)23(28)18-8-11-26(12-9-18)22-20(24)14-17(2)15-25-22/h6-7,13-15,18H,3-5,8-12H2,1-2H3. The summed E-state index contributed by atoms with van der Waals surface area (Å²) in [6.07, 6.45) is 6.38. The van der Waals surface area contributed by atoms with Crippen molar-refractivity contribution in [2.24, 2.45) is 5.92 Å². The molecule has 3 heterocycles. The van der Waals surface area contributed by atoms with Gasteiger partial charge in [0.1, 0.15) is 0 Å². The second-order valence-electron chi connectivity index (χ2n) is 8.16. The van der Waals surface area contributed by atoms with Crippen LogP contribution in [0.1, 0.15) is 42.4 Å². The monoisotopic (exact) mass is 381 g/mol. The van der Waals surface area contributed by atoms with Gasteiger partial charge in [-0.1, -0.05) is 17.7 Å². The zero-order valence-electron chi connectivity index (χ0n) is 16.7. The van der Waals surface area contributed by atoms with Gasteiger partial charge in [0.05, 0.1) is 0 Å². The molecule has 5 heteroatoms. The number of pyridine rings is 1. The van der Waals surface area contributed by atoms with Crippen LogP contribution in [0.4, 0.5) is 15.9 Å². The van der Waals surface area contributed by atoms with Gasteiger partial charge >= 0.3 is 0 Å². The normalized spacial score (nSPS) is 18.0. The van der Waals surface area contributed by atoms with E-state index in [0.29, 0.717) is 18.9 Å². The summed E-state index contributed by atoms with van der Waals surface area (Å²) in [4.78, 5) is 21.6. The Hall–Kier alpha value is -2.43. The van der Waals surface area contributed by atoms with Crippen molar-refractivity contribution in [2.75, 3.05) is 29.4 Å². The number of anilines is 2. The summed E-state index contributed by atoms with van der Waals surface area (Å²) in [5.41, 5.74) is 4.44. The lowest BCUT2D eigenvalue weighted by molar-refractivity contribution is -0.123. The first-order chi connectivity index (χ1) is 13.5. The lowest BCUT2D eigenvalue weighted by Gasteiger charge is -2.35. The molecule has 0 aliphatic carbocycles. The molecule has 28 heavy (non-hydrogen) atoms. The molecular weight excluding hydrogens is 353 g/mol. The molecule has 148 valence electrons. The molecule has 2 aromatic rings. The number of amides is 1. The number of rotatable bonds is 2. The third-order valence-corrected chi connectivity index (χ3v) is 5.97. The lowest BCUT2D eigenvalue weighted by atomic mass is 9.94. The summed E-state index contributed by atoms with van der Waals surface area (Å²) in [5.74, 6) is 0.356. The van der Waals surface area contributed by atoms with Gasteiger partial charge in [0.15, 0.2) is 11.6 Å². The fraction of sp³-hybridized carbons (Fsp3) is 0.478. The molecule has 0 atom stereocenters. The molecule has 1 saturated heterocycles. The predicted molar refractivity (Wildman–Crippen MR) is 110 cm³/mol. The van der Waals surface area contributed by atoms with Crippen LogP contribution in [0.3, 0.4) is 0 Å². The van der Waals surface area contributed by atoms with E-state index in [0.717, 1.165) is 49.9 Å². The number of carbonyl (C=O) groups is 1. The minimum absolute atomic E-state index is 0.00277. The van der Waals surface area contributed by atoms with E-state index < -0.39 is 0 Å². The van der Waals surface area contributed by atoms with Crippen LogP contribution in [0.2, 0.25) is 0 Å². The molecule has 0 bridgehead atoms. The van der Waals surface area contributed by atoms with E-state index in [1.807, 2.05) is 16.7 Å².